The van der Waals surface area contributed by atoms with Crippen molar-refractivity contribution in [2.45, 2.75) is 80.8 Å². The van der Waals surface area contributed by atoms with E-state index in [-0.39, 0.29) is 6.61 Å². The Hall–Kier alpha value is -2.86. The molecule has 1 aliphatic carbocycles. The summed E-state index contributed by atoms with van der Waals surface area (Å²) in [5, 5.41) is 0. The van der Waals surface area contributed by atoms with Crippen LogP contribution in [0.4, 0.5) is 0 Å². The lowest BCUT2D eigenvalue weighted by molar-refractivity contribution is -0.258. The Kier molecular flexibility index (Phi) is 9.69. The minimum atomic E-state index is -1.05. The Labute approximate surface area is 240 Å². The summed E-state index contributed by atoms with van der Waals surface area (Å²) >= 11 is 0. The fourth-order valence-electron chi connectivity index (χ4n) is 5.89. The van der Waals surface area contributed by atoms with Crippen LogP contribution in [0.1, 0.15) is 55.4 Å². The quantitative estimate of drug-likeness (QED) is 0.368. The highest BCUT2D eigenvalue weighted by Gasteiger charge is 2.60. The first kappa shape index (κ1) is 29.6. The van der Waals surface area contributed by atoms with Gasteiger partial charge >= 0.3 is 11.9 Å². The van der Waals surface area contributed by atoms with Crippen LogP contribution in [0.5, 0.6) is 0 Å². The number of carbonyl (C=O) groups excluding carboxylic acids is 2. The summed E-state index contributed by atoms with van der Waals surface area (Å²) < 4.78 is 47.3. The van der Waals surface area contributed by atoms with E-state index in [0.29, 0.717) is 11.1 Å². The molecule has 7 atom stereocenters. The topological polar surface area (TPSA) is 108 Å². The third kappa shape index (κ3) is 6.48. The molecule has 0 radical (unpaired) electrons. The van der Waals surface area contributed by atoms with Crippen molar-refractivity contribution < 1.29 is 47.5 Å². The van der Waals surface area contributed by atoms with E-state index in [1.807, 2.05) is 12.1 Å². The van der Waals surface area contributed by atoms with E-state index in [4.69, 9.17) is 37.9 Å². The normalized spacial score (nSPS) is 27.1. The van der Waals surface area contributed by atoms with Crippen molar-refractivity contribution in [1.82, 2.24) is 0 Å². The number of ether oxygens (including phenoxy) is 8. The van der Waals surface area contributed by atoms with Crippen LogP contribution in [-0.4, -0.2) is 76.4 Å². The Balaban J connectivity index is 1.34. The second kappa shape index (κ2) is 13.4. The molecule has 2 aromatic carbocycles. The summed E-state index contributed by atoms with van der Waals surface area (Å²) in [6.07, 6.45) is -0.977. The molecule has 222 valence electrons. The number of hydrogen-bond acceptors (Lipinski definition) is 10. The molecule has 3 aliphatic rings. The molecule has 2 heterocycles. The summed E-state index contributed by atoms with van der Waals surface area (Å²) in [6.45, 7) is -0.308. The van der Waals surface area contributed by atoms with Crippen molar-refractivity contribution in [1.29, 1.82) is 0 Å². The third-order valence-electron chi connectivity index (χ3n) is 7.90. The van der Waals surface area contributed by atoms with Crippen LogP contribution in [0.2, 0.25) is 0 Å². The van der Waals surface area contributed by atoms with Gasteiger partial charge in [0.25, 0.3) is 0 Å². The van der Waals surface area contributed by atoms with Gasteiger partial charge in [-0.2, -0.15) is 0 Å². The molecule has 1 spiro atoms. The molecule has 2 aliphatic heterocycles. The van der Waals surface area contributed by atoms with Gasteiger partial charge < -0.3 is 37.9 Å². The number of rotatable bonds is 11. The van der Waals surface area contributed by atoms with Gasteiger partial charge in [-0.05, 0) is 24.0 Å². The zero-order chi connectivity index (χ0) is 28.8. The smallest absolute Gasteiger partial charge is 0.340 e. The van der Waals surface area contributed by atoms with E-state index in [9.17, 15) is 9.59 Å². The van der Waals surface area contributed by atoms with Crippen molar-refractivity contribution in [3.63, 3.8) is 0 Å². The summed E-state index contributed by atoms with van der Waals surface area (Å²) in [7, 11) is 4.40. The Morgan fingerprint density at radius 1 is 0.829 bits per heavy atom. The maximum absolute atomic E-state index is 13.4. The van der Waals surface area contributed by atoms with Gasteiger partial charge in [0.15, 0.2) is 30.4 Å². The minimum Gasteiger partial charge on any atom is -0.459 e. The molecule has 0 bridgehead atoms. The largest absolute Gasteiger partial charge is 0.459 e. The number of hydrogen-bond donors (Lipinski definition) is 0. The van der Waals surface area contributed by atoms with Crippen LogP contribution < -0.4 is 0 Å². The number of esters is 2. The number of fused-ring (bicyclic) bond motifs is 1. The zero-order valence-electron chi connectivity index (χ0n) is 23.6. The van der Waals surface area contributed by atoms with Crippen LogP contribution in [0.25, 0.3) is 0 Å². The summed E-state index contributed by atoms with van der Waals surface area (Å²) in [6, 6.07) is 18.0. The maximum atomic E-state index is 13.4. The SMILES string of the molecule is CO[C@H]1[C@H]([C@@H](COC(=O)[C@H](OC)c2ccccc2)OC(=O)[C@H](OC)c2ccccc2)O[C@@H]2OC3(CCCCC3)O[C@@H]21. The molecule has 0 aromatic heterocycles. The first-order valence-corrected chi connectivity index (χ1v) is 14.0. The van der Waals surface area contributed by atoms with Gasteiger partial charge in [-0.15, -0.1) is 0 Å². The van der Waals surface area contributed by atoms with Crippen molar-refractivity contribution in [3.8, 4) is 0 Å². The van der Waals surface area contributed by atoms with Crippen LogP contribution in [0.3, 0.4) is 0 Å². The van der Waals surface area contributed by atoms with E-state index in [0.717, 1.165) is 32.1 Å². The Bertz CT molecular complexity index is 1140. The van der Waals surface area contributed by atoms with Crippen LogP contribution in [0.15, 0.2) is 60.7 Å². The third-order valence-corrected chi connectivity index (χ3v) is 7.90. The molecular formula is C31H38O10. The van der Waals surface area contributed by atoms with E-state index in [1.165, 1.54) is 14.2 Å². The van der Waals surface area contributed by atoms with E-state index >= 15 is 0 Å². The first-order chi connectivity index (χ1) is 20.0. The second-order valence-corrected chi connectivity index (χ2v) is 10.5. The van der Waals surface area contributed by atoms with Crippen LogP contribution >= 0.6 is 0 Å². The van der Waals surface area contributed by atoms with Crippen molar-refractivity contribution in [2.75, 3.05) is 27.9 Å². The molecule has 41 heavy (non-hydrogen) atoms. The molecule has 2 aromatic rings. The van der Waals surface area contributed by atoms with Crippen molar-refractivity contribution in [2.24, 2.45) is 0 Å². The summed E-state index contributed by atoms with van der Waals surface area (Å²) in [5.74, 6) is -1.98. The van der Waals surface area contributed by atoms with Gasteiger partial charge in [0, 0.05) is 34.2 Å². The molecule has 0 N–H and O–H groups in total. The number of methoxy groups -OCH3 is 3. The van der Waals surface area contributed by atoms with Gasteiger partial charge in [-0.3, -0.25) is 0 Å². The Morgan fingerprint density at radius 3 is 1.98 bits per heavy atom. The highest BCUT2D eigenvalue weighted by molar-refractivity contribution is 5.77. The average molecular weight is 571 g/mol. The highest BCUT2D eigenvalue weighted by atomic mass is 16.8. The van der Waals surface area contributed by atoms with Crippen LogP contribution in [-0.2, 0) is 47.5 Å². The lowest BCUT2D eigenvalue weighted by Gasteiger charge is -2.35. The lowest BCUT2D eigenvalue weighted by Crippen LogP contribution is -2.47. The second-order valence-electron chi connectivity index (χ2n) is 10.5. The van der Waals surface area contributed by atoms with Gasteiger partial charge in [-0.1, -0.05) is 67.1 Å². The molecule has 5 rings (SSSR count). The van der Waals surface area contributed by atoms with E-state index in [1.54, 1.807) is 55.6 Å². The zero-order valence-corrected chi connectivity index (χ0v) is 23.6. The molecule has 10 heteroatoms. The van der Waals surface area contributed by atoms with Gasteiger partial charge in [-0.25, -0.2) is 9.59 Å². The van der Waals surface area contributed by atoms with Gasteiger partial charge in [0.05, 0.1) is 0 Å². The highest BCUT2D eigenvalue weighted by Crippen LogP contribution is 2.46. The number of carbonyl (C=O) groups is 2. The molecule has 2 saturated heterocycles. The molecular weight excluding hydrogens is 532 g/mol. The van der Waals surface area contributed by atoms with E-state index < -0.39 is 60.6 Å². The molecule has 10 nitrogen and oxygen atoms in total. The summed E-state index contributed by atoms with van der Waals surface area (Å²) in [5.41, 5.74) is 1.26. The van der Waals surface area contributed by atoms with Gasteiger partial charge in [0.2, 0.25) is 0 Å². The average Bonchev–Trinajstić information content (AvgIpc) is 3.50. The fourth-order valence-corrected chi connectivity index (χ4v) is 5.89. The minimum absolute atomic E-state index is 0.308. The number of benzene rings is 2. The molecule has 0 amide bonds. The van der Waals surface area contributed by atoms with Gasteiger partial charge in [0.1, 0.15) is 24.9 Å². The van der Waals surface area contributed by atoms with Crippen LogP contribution in [0, 0.1) is 0 Å². The van der Waals surface area contributed by atoms with Crippen molar-refractivity contribution in [3.05, 3.63) is 71.8 Å². The standard InChI is InChI=1S/C31H38O10/c1-34-23(20-13-7-4-8-14-20)28(32)37-19-22(38-29(33)24(35-2)21-15-9-5-10-16-21)25-26(36-3)27-30(39-25)41-31(40-27)17-11-6-12-18-31/h4-5,7-10,13-16,22-27,30H,6,11-12,17-19H2,1-3H3/t22-,23-,24-,25+,26+,27-,30-/m1/s1. The fraction of sp³-hybridized carbons (Fsp3) is 0.548. The molecule has 0 unspecified atom stereocenters. The lowest BCUT2D eigenvalue weighted by atomic mass is 9.94. The monoisotopic (exact) mass is 570 g/mol. The first-order valence-electron chi connectivity index (χ1n) is 14.0. The predicted octanol–water partition coefficient (Wildman–Crippen LogP) is 4.03. The Morgan fingerprint density at radius 2 is 1.41 bits per heavy atom. The molecule has 3 fully saturated rings. The predicted molar refractivity (Wildman–Crippen MR) is 144 cm³/mol. The maximum Gasteiger partial charge on any atom is 0.340 e. The van der Waals surface area contributed by atoms with Crippen molar-refractivity contribution >= 4 is 11.9 Å². The summed E-state index contributed by atoms with van der Waals surface area (Å²) in [4.78, 5) is 26.5. The van der Waals surface area contributed by atoms with E-state index in [2.05, 4.69) is 0 Å². The molecule has 1 saturated carbocycles.